The second-order valence-electron chi connectivity index (χ2n) is 10.2. The molecule has 3 aliphatic rings. The first kappa shape index (κ1) is 25.3. The van der Waals surface area contributed by atoms with Crippen LogP contribution in [-0.2, 0) is 22.7 Å². The molecule has 8 nitrogen and oxygen atoms in total. The van der Waals surface area contributed by atoms with Crippen LogP contribution in [0.15, 0.2) is 66.7 Å². The van der Waals surface area contributed by atoms with Gasteiger partial charge in [0.15, 0.2) is 0 Å². The van der Waals surface area contributed by atoms with Gasteiger partial charge in [-0.05, 0) is 52.9 Å². The van der Waals surface area contributed by atoms with E-state index in [0.717, 1.165) is 28.8 Å². The Labute approximate surface area is 231 Å². The molecule has 3 aliphatic heterocycles. The Kier molecular flexibility index (Phi) is 6.66. The predicted molar refractivity (Wildman–Crippen MR) is 146 cm³/mol. The number of piperidine rings is 1. The van der Waals surface area contributed by atoms with E-state index in [4.69, 9.17) is 11.6 Å². The number of benzene rings is 3. The van der Waals surface area contributed by atoms with Crippen LogP contribution in [0.25, 0.3) is 11.1 Å². The molecule has 1 atom stereocenters. The van der Waals surface area contributed by atoms with Crippen LogP contribution < -0.4 is 5.32 Å². The average molecular weight is 543 g/mol. The smallest absolute Gasteiger partial charge is 0.255 e. The average Bonchev–Trinajstić information content (AvgIpc) is 3.53. The van der Waals surface area contributed by atoms with Gasteiger partial charge in [-0.1, -0.05) is 54.1 Å². The molecular weight excluding hydrogens is 516 g/mol. The van der Waals surface area contributed by atoms with Crippen LogP contribution in [0.1, 0.15) is 44.7 Å². The maximum Gasteiger partial charge on any atom is 0.255 e. The van der Waals surface area contributed by atoms with Gasteiger partial charge < -0.3 is 9.80 Å². The third-order valence-electron chi connectivity index (χ3n) is 7.65. The van der Waals surface area contributed by atoms with E-state index in [1.165, 1.54) is 0 Å². The minimum absolute atomic E-state index is 0.0116. The summed E-state index contributed by atoms with van der Waals surface area (Å²) in [5.41, 5.74) is 5.00. The first-order chi connectivity index (χ1) is 18.9. The van der Waals surface area contributed by atoms with Gasteiger partial charge in [0, 0.05) is 48.7 Å². The number of hydrogen-bond donors (Lipinski definition) is 1. The first-order valence-corrected chi connectivity index (χ1v) is 13.4. The summed E-state index contributed by atoms with van der Waals surface area (Å²) >= 11 is 6.05. The number of nitrogens with one attached hydrogen (secondary N) is 1. The molecule has 39 heavy (non-hydrogen) atoms. The maximum atomic E-state index is 13.5. The van der Waals surface area contributed by atoms with Crippen molar-refractivity contribution in [1.82, 2.24) is 20.0 Å². The third-order valence-corrected chi connectivity index (χ3v) is 7.90. The SMILES string of the molecule is O=C1CCC(N2Cc3cc(CN4CCN(C(=O)c5ccccc5-c5ccc(Cl)cc5)C4)ccc3C2=O)C(=O)N1. The lowest BCUT2D eigenvalue weighted by Crippen LogP contribution is -2.52. The number of halogens is 1. The van der Waals surface area contributed by atoms with Crippen molar-refractivity contribution >= 4 is 35.2 Å². The molecule has 6 rings (SSSR count). The van der Waals surface area contributed by atoms with Gasteiger partial charge in [0.05, 0.1) is 6.67 Å². The summed E-state index contributed by atoms with van der Waals surface area (Å²) in [6.45, 7) is 2.86. The van der Waals surface area contributed by atoms with Gasteiger partial charge in [-0.15, -0.1) is 0 Å². The van der Waals surface area contributed by atoms with E-state index >= 15 is 0 Å². The molecule has 198 valence electrons. The largest absolute Gasteiger partial charge is 0.324 e. The van der Waals surface area contributed by atoms with Crippen LogP contribution in [0.5, 0.6) is 0 Å². The standard InChI is InChI=1S/C30H27ClN4O4/c31-22-8-6-20(7-9-22)23-3-1-2-4-25(23)29(38)34-14-13-33(18-34)16-19-5-10-24-21(15-19)17-35(30(24)39)26-11-12-27(36)32-28(26)37/h1-10,15,26H,11-14,16-18H2,(H,32,36,37). The predicted octanol–water partition coefficient (Wildman–Crippen LogP) is 3.68. The molecule has 4 amide bonds. The quantitative estimate of drug-likeness (QED) is 0.497. The van der Waals surface area contributed by atoms with Crippen LogP contribution >= 0.6 is 11.6 Å². The third kappa shape index (κ3) is 4.93. The summed E-state index contributed by atoms with van der Waals surface area (Å²) in [7, 11) is 0. The van der Waals surface area contributed by atoms with Gasteiger partial charge in [0.1, 0.15) is 6.04 Å². The zero-order valence-corrected chi connectivity index (χ0v) is 22.0. The molecule has 0 spiro atoms. The van der Waals surface area contributed by atoms with Crippen molar-refractivity contribution in [3.63, 3.8) is 0 Å². The summed E-state index contributed by atoms with van der Waals surface area (Å²) in [5, 5.41) is 2.99. The lowest BCUT2D eigenvalue weighted by Gasteiger charge is -2.29. The molecule has 3 aromatic carbocycles. The Morgan fingerprint density at radius 2 is 1.74 bits per heavy atom. The van der Waals surface area contributed by atoms with Crippen LogP contribution in [0.2, 0.25) is 5.02 Å². The molecule has 3 heterocycles. The number of rotatable bonds is 5. The number of hydrogen-bond acceptors (Lipinski definition) is 5. The highest BCUT2D eigenvalue weighted by atomic mass is 35.5. The number of fused-ring (bicyclic) bond motifs is 1. The molecule has 2 saturated heterocycles. The molecular formula is C30H27ClN4O4. The monoisotopic (exact) mass is 542 g/mol. The lowest BCUT2D eigenvalue weighted by molar-refractivity contribution is -0.136. The summed E-state index contributed by atoms with van der Waals surface area (Å²) in [4.78, 5) is 55.9. The second kappa shape index (κ2) is 10.3. The second-order valence-corrected chi connectivity index (χ2v) is 10.6. The van der Waals surface area contributed by atoms with E-state index < -0.39 is 11.9 Å². The fourth-order valence-electron chi connectivity index (χ4n) is 5.65. The minimum Gasteiger partial charge on any atom is -0.324 e. The molecule has 1 unspecified atom stereocenters. The van der Waals surface area contributed by atoms with Gasteiger partial charge in [0.25, 0.3) is 11.8 Å². The van der Waals surface area contributed by atoms with Crippen LogP contribution in [-0.4, -0.2) is 64.1 Å². The van der Waals surface area contributed by atoms with Crippen molar-refractivity contribution < 1.29 is 19.2 Å². The molecule has 0 saturated carbocycles. The molecule has 1 N–H and O–H groups in total. The number of amides is 4. The fraction of sp³-hybridized carbons (Fsp3) is 0.267. The van der Waals surface area contributed by atoms with E-state index in [2.05, 4.69) is 10.2 Å². The minimum atomic E-state index is -0.625. The number of carbonyl (C=O) groups excluding carboxylic acids is 4. The highest BCUT2D eigenvalue weighted by molar-refractivity contribution is 6.30. The van der Waals surface area contributed by atoms with Crippen molar-refractivity contribution in [2.24, 2.45) is 0 Å². The molecule has 0 aromatic heterocycles. The van der Waals surface area contributed by atoms with E-state index in [1.54, 1.807) is 4.90 Å². The number of imide groups is 1. The summed E-state index contributed by atoms with van der Waals surface area (Å²) in [5.74, 6) is -0.896. The molecule has 0 bridgehead atoms. The van der Waals surface area contributed by atoms with Crippen molar-refractivity contribution in [2.75, 3.05) is 19.8 Å². The lowest BCUT2D eigenvalue weighted by atomic mass is 9.99. The Morgan fingerprint density at radius 1 is 0.949 bits per heavy atom. The van der Waals surface area contributed by atoms with Crippen LogP contribution in [0.4, 0.5) is 0 Å². The van der Waals surface area contributed by atoms with Crippen molar-refractivity contribution in [3.05, 3.63) is 94.0 Å². The van der Waals surface area contributed by atoms with Crippen molar-refractivity contribution in [2.45, 2.75) is 32.0 Å². The Bertz CT molecular complexity index is 1490. The van der Waals surface area contributed by atoms with Crippen molar-refractivity contribution in [1.29, 1.82) is 0 Å². The molecule has 0 aliphatic carbocycles. The first-order valence-electron chi connectivity index (χ1n) is 13.0. The molecule has 9 heteroatoms. The summed E-state index contributed by atoms with van der Waals surface area (Å²) in [6, 6.07) is 20.3. The molecule has 2 fully saturated rings. The summed E-state index contributed by atoms with van der Waals surface area (Å²) in [6.07, 6.45) is 0.576. The maximum absolute atomic E-state index is 13.5. The topological polar surface area (TPSA) is 90.0 Å². The van der Waals surface area contributed by atoms with E-state index in [-0.39, 0.29) is 24.1 Å². The normalized spacial score (nSPS) is 19.4. The van der Waals surface area contributed by atoms with Crippen molar-refractivity contribution in [3.8, 4) is 11.1 Å². The fourth-order valence-corrected chi connectivity index (χ4v) is 5.77. The van der Waals surface area contributed by atoms with Crippen LogP contribution in [0.3, 0.4) is 0 Å². The highest BCUT2D eigenvalue weighted by Crippen LogP contribution is 2.30. The number of carbonyl (C=O) groups is 4. The Balaban J connectivity index is 1.12. The van der Waals surface area contributed by atoms with Gasteiger partial charge >= 0.3 is 0 Å². The van der Waals surface area contributed by atoms with Crippen LogP contribution in [0, 0.1) is 0 Å². The number of nitrogens with zero attached hydrogens (tertiary/aromatic N) is 3. The highest BCUT2D eigenvalue weighted by Gasteiger charge is 2.39. The molecule has 3 aromatic rings. The Hall–Kier alpha value is -4.01. The van der Waals surface area contributed by atoms with E-state index in [1.807, 2.05) is 71.6 Å². The van der Waals surface area contributed by atoms with E-state index in [9.17, 15) is 19.2 Å². The van der Waals surface area contributed by atoms with Gasteiger partial charge in [0.2, 0.25) is 11.8 Å². The zero-order chi connectivity index (χ0) is 27.1. The zero-order valence-electron chi connectivity index (χ0n) is 21.2. The molecule has 0 radical (unpaired) electrons. The van der Waals surface area contributed by atoms with Gasteiger partial charge in [-0.2, -0.15) is 0 Å². The van der Waals surface area contributed by atoms with E-state index in [0.29, 0.717) is 48.9 Å². The van der Waals surface area contributed by atoms with Gasteiger partial charge in [-0.25, -0.2) is 0 Å². The Morgan fingerprint density at radius 3 is 2.54 bits per heavy atom. The van der Waals surface area contributed by atoms with Gasteiger partial charge in [-0.3, -0.25) is 29.4 Å². The summed E-state index contributed by atoms with van der Waals surface area (Å²) < 4.78 is 0.